The van der Waals surface area contributed by atoms with Gasteiger partial charge in [-0.1, -0.05) is 12.1 Å². The summed E-state index contributed by atoms with van der Waals surface area (Å²) < 4.78 is 40.2. The smallest absolute Gasteiger partial charge is 0.243 e. The number of thioether (sulfide) groups is 1. The van der Waals surface area contributed by atoms with Crippen molar-refractivity contribution in [1.82, 2.24) is 9.62 Å². The molecule has 156 valence electrons. The van der Waals surface area contributed by atoms with E-state index in [1.165, 1.54) is 16.4 Å². The van der Waals surface area contributed by atoms with Crippen LogP contribution in [0.15, 0.2) is 58.3 Å². The first-order chi connectivity index (χ1) is 13.8. The van der Waals surface area contributed by atoms with Gasteiger partial charge in [0.25, 0.3) is 0 Å². The van der Waals surface area contributed by atoms with Crippen molar-refractivity contribution in [2.24, 2.45) is 5.92 Å². The van der Waals surface area contributed by atoms with E-state index < -0.39 is 10.0 Å². The quantitative estimate of drug-likeness (QED) is 0.699. The molecule has 1 amide bonds. The minimum absolute atomic E-state index is 0.0943. The zero-order valence-corrected chi connectivity index (χ0v) is 18.1. The van der Waals surface area contributed by atoms with Gasteiger partial charge < -0.3 is 5.32 Å². The maximum absolute atomic E-state index is 13.1. The fraction of sp³-hybridized carbons (Fsp3) is 0.381. The predicted molar refractivity (Wildman–Crippen MR) is 113 cm³/mol. The van der Waals surface area contributed by atoms with Crippen molar-refractivity contribution in [3.05, 3.63) is 59.9 Å². The van der Waals surface area contributed by atoms with Crippen molar-refractivity contribution < 1.29 is 17.6 Å². The van der Waals surface area contributed by atoms with Gasteiger partial charge in [-0.2, -0.15) is 4.31 Å². The number of amides is 1. The maximum Gasteiger partial charge on any atom is 0.243 e. The second-order valence-electron chi connectivity index (χ2n) is 7.14. The molecule has 1 N–H and O–H groups in total. The first-order valence-electron chi connectivity index (χ1n) is 9.51. The number of hydrogen-bond acceptors (Lipinski definition) is 4. The van der Waals surface area contributed by atoms with Crippen LogP contribution < -0.4 is 5.32 Å². The summed E-state index contributed by atoms with van der Waals surface area (Å²) in [5.74, 6) is -0.643. The van der Waals surface area contributed by atoms with Crippen molar-refractivity contribution in [2.75, 3.05) is 19.3 Å². The van der Waals surface area contributed by atoms with Crippen molar-refractivity contribution in [3.8, 4) is 0 Å². The van der Waals surface area contributed by atoms with E-state index >= 15 is 0 Å². The molecule has 0 aromatic heterocycles. The van der Waals surface area contributed by atoms with E-state index in [2.05, 4.69) is 5.32 Å². The molecule has 0 bridgehead atoms. The van der Waals surface area contributed by atoms with Gasteiger partial charge in [-0.25, -0.2) is 12.8 Å². The Bertz CT molecular complexity index is 939. The van der Waals surface area contributed by atoms with Crippen LogP contribution in [0.25, 0.3) is 0 Å². The van der Waals surface area contributed by atoms with Gasteiger partial charge in [-0.15, -0.1) is 11.8 Å². The molecule has 1 atom stereocenters. The van der Waals surface area contributed by atoms with Crippen LogP contribution >= 0.6 is 11.8 Å². The number of nitrogens with zero attached hydrogens (tertiary/aromatic N) is 1. The van der Waals surface area contributed by atoms with Crippen LogP contribution in [0, 0.1) is 11.7 Å². The van der Waals surface area contributed by atoms with Gasteiger partial charge in [0.05, 0.1) is 10.9 Å². The van der Waals surface area contributed by atoms with Gasteiger partial charge in [0.2, 0.25) is 15.9 Å². The summed E-state index contributed by atoms with van der Waals surface area (Å²) in [7, 11) is -3.55. The molecule has 0 saturated carbocycles. The van der Waals surface area contributed by atoms with Crippen LogP contribution in [0.4, 0.5) is 4.39 Å². The van der Waals surface area contributed by atoms with E-state index in [-0.39, 0.29) is 28.6 Å². The highest BCUT2D eigenvalue weighted by Crippen LogP contribution is 2.26. The van der Waals surface area contributed by atoms with Crippen LogP contribution in [-0.4, -0.2) is 38.0 Å². The summed E-state index contributed by atoms with van der Waals surface area (Å²) in [4.78, 5) is 13.9. The molecule has 2 aromatic carbocycles. The molecule has 0 unspecified atom stereocenters. The number of nitrogens with one attached hydrogen (secondary N) is 1. The van der Waals surface area contributed by atoms with Gasteiger partial charge in [-0.3, -0.25) is 4.79 Å². The lowest BCUT2D eigenvalue weighted by atomic mass is 9.96. The molecule has 1 saturated heterocycles. The van der Waals surface area contributed by atoms with Crippen LogP contribution in [0.5, 0.6) is 0 Å². The lowest BCUT2D eigenvalue weighted by molar-refractivity contribution is -0.126. The summed E-state index contributed by atoms with van der Waals surface area (Å²) in [6, 6.07) is 12.7. The molecule has 0 spiro atoms. The minimum Gasteiger partial charge on any atom is -0.349 e. The number of halogens is 1. The van der Waals surface area contributed by atoms with E-state index in [1.54, 1.807) is 48.2 Å². The first kappa shape index (κ1) is 21.8. The van der Waals surface area contributed by atoms with E-state index in [4.69, 9.17) is 0 Å². The van der Waals surface area contributed by atoms with E-state index in [0.29, 0.717) is 25.9 Å². The second kappa shape index (κ2) is 9.28. The van der Waals surface area contributed by atoms with Gasteiger partial charge in [0.1, 0.15) is 5.82 Å². The van der Waals surface area contributed by atoms with Gasteiger partial charge in [0.15, 0.2) is 0 Å². The standard InChI is InChI=1S/C21H25FN2O3S2/c1-15(16-3-5-18(22)6-4-16)23-21(25)17-11-13-24(14-12-17)29(26,27)20-9-7-19(28-2)8-10-20/h3-10,15,17H,11-14H2,1-2H3,(H,23,25)/t15-/m1/s1. The second-order valence-corrected chi connectivity index (χ2v) is 9.95. The number of benzene rings is 2. The van der Waals surface area contributed by atoms with Crippen molar-refractivity contribution in [2.45, 2.75) is 35.6 Å². The van der Waals surface area contributed by atoms with E-state index in [9.17, 15) is 17.6 Å². The monoisotopic (exact) mass is 436 g/mol. The summed E-state index contributed by atoms with van der Waals surface area (Å²) in [5, 5.41) is 2.95. The molecular formula is C21H25FN2O3S2. The lowest BCUT2D eigenvalue weighted by Crippen LogP contribution is -2.43. The average molecular weight is 437 g/mol. The van der Waals surface area contributed by atoms with Gasteiger partial charge in [-0.05, 0) is 68.0 Å². The largest absolute Gasteiger partial charge is 0.349 e. The topological polar surface area (TPSA) is 66.5 Å². The van der Waals surface area contributed by atoms with Crippen LogP contribution in [0.2, 0.25) is 0 Å². The Kier molecular flexibility index (Phi) is 6.97. The lowest BCUT2D eigenvalue weighted by Gasteiger charge is -2.31. The fourth-order valence-corrected chi connectivity index (χ4v) is 5.30. The molecule has 1 heterocycles. The molecule has 3 rings (SSSR count). The third kappa shape index (κ3) is 5.18. The molecule has 5 nitrogen and oxygen atoms in total. The number of sulfonamides is 1. The van der Waals surface area contributed by atoms with Crippen LogP contribution in [-0.2, 0) is 14.8 Å². The zero-order valence-electron chi connectivity index (χ0n) is 16.5. The summed E-state index contributed by atoms with van der Waals surface area (Å²) in [5.41, 5.74) is 0.827. The molecule has 8 heteroatoms. The third-order valence-electron chi connectivity index (χ3n) is 5.25. The molecule has 1 fully saturated rings. The Morgan fingerprint density at radius 3 is 2.24 bits per heavy atom. The van der Waals surface area contributed by atoms with E-state index in [1.807, 2.05) is 13.2 Å². The number of carbonyl (C=O) groups excluding carboxylic acids is 1. The van der Waals surface area contributed by atoms with Crippen molar-refractivity contribution >= 4 is 27.7 Å². The summed E-state index contributed by atoms with van der Waals surface area (Å²) in [6.45, 7) is 2.48. The average Bonchev–Trinajstić information content (AvgIpc) is 2.74. The molecule has 0 aliphatic carbocycles. The Labute approximate surface area is 175 Å². The predicted octanol–water partition coefficient (Wildman–Crippen LogP) is 3.83. The third-order valence-corrected chi connectivity index (χ3v) is 7.91. The number of hydrogen-bond donors (Lipinski definition) is 1. The molecule has 0 radical (unpaired) electrons. The Morgan fingerprint density at radius 2 is 1.69 bits per heavy atom. The van der Waals surface area contributed by atoms with Crippen molar-refractivity contribution in [1.29, 1.82) is 0 Å². The Hall–Kier alpha value is -1.90. The minimum atomic E-state index is -3.55. The highest BCUT2D eigenvalue weighted by Gasteiger charge is 2.32. The normalized spacial score (nSPS) is 17.1. The Morgan fingerprint density at radius 1 is 1.10 bits per heavy atom. The summed E-state index contributed by atoms with van der Waals surface area (Å²) >= 11 is 1.56. The first-order valence-corrected chi connectivity index (χ1v) is 12.2. The van der Waals surface area contributed by atoms with Gasteiger partial charge >= 0.3 is 0 Å². The maximum atomic E-state index is 13.1. The molecular weight excluding hydrogens is 411 g/mol. The number of piperidine rings is 1. The highest BCUT2D eigenvalue weighted by molar-refractivity contribution is 7.98. The zero-order chi connectivity index (χ0) is 21.0. The molecule has 29 heavy (non-hydrogen) atoms. The highest BCUT2D eigenvalue weighted by atomic mass is 32.2. The van der Waals surface area contributed by atoms with Crippen molar-refractivity contribution in [3.63, 3.8) is 0 Å². The number of rotatable bonds is 6. The SMILES string of the molecule is CSc1ccc(S(=O)(=O)N2CCC(C(=O)N[C@H](C)c3ccc(F)cc3)CC2)cc1. The van der Waals surface area contributed by atoms with Gasteiger partial charge in [0, 0.05) is 23.9 Å². The molecule has 1 aliphatic heterocycles. The molecule has 1 aliphatic rings. The summed E-state index contributed by atoms with van der Waals surface area (Å²) in [6.07, 6.45) is 2.89. The molecule has 2 aromatic rings. The number of carbonyl (C=O) groups is 1. The van der Waals surface area contributed by atoms with E-state index in [0.717, 1.165) is 10.5 Å². The fourth-order valence-electron chi connectivity index (χ4n) is 3.42. The van der Waals surface area contributed by atoms with Crippen LogP contribution in [0.3, 0.4) is 0 Å². The Balaban J connectivity index is 1.57. The van der Waals surface area contributed by atoms with Crippen LogP contribution in [0.1, 0.15) is 31.4 Å².